The Hall–Kier alpha value is -2.11. The zero-order valence-corrected chi connectivity index (χ0v) is 13.6. The molecule has 0 bridgehead atoms. The number of hydrogen-bond acceptors (Lipinski definition) is 4. The standard InChI is InChI=1S/C19H23FN2O2/c20-15-6-8-19(9-7-15)24-14-18(23)13-22-11-10-17(12-22)21-16-4-2-1-3-5-16/h1-9,17-18,21,23H,10-14H2. The van der Waals surface area contributed by atoms with E-state index < -0.39 is 6.10 Å². The number of anilines is 1. The molecule has 1 saturated heterocycles. The van der Waals surface area contributed by atoms with E-state index in [1.165, 1.54) is 12.1 Å². The maximum Gasteiger partial charge on any atom is 0.123 e. The van der Waals surface area contributed by atoms with Gasteiger partial charge in [-0.3, -0.25) is 4.90 Å². The summed E-state index contributed by atoms with van der Waals surface area (Å²) in [6.45, 7) is 2.65. The van der Waals surface area contributed by atoms with Crippen LogP contribution in [0.1, 0.15) is 6.42 Å². The summed E-state index contributed by atoms with van der Waals surface area (Å²) >= 11 is 0. The van der Waals surface area contributed by atoms with Crippen molar-refractivity contribution < 1.29 is 14.2 Å². The Morgan fingerprint density at radius 1 is 1.17 bits per heavy atom. The minimum absolute atomic E-state index is 0.207. The molecule has 24 heavy (non-hydrogen) atoms. The predicted octanol–water partition coefficient (Wildman–Crippen LogP) is 2.75. The third kappa shape index (κ3) is 4.94. The Balaban J connectivity index is 1.39. The van der Waals surface area contributed by atoms with E-state index in [0.29, 0.717) is 18.3 Å². The number of aliphatic hydroxyl groups excluding tert-OH is 1. The maximum absolute atomic E-state index is 12.8. The van der Waals surface area contributed by atoms with Crippen LogP contribution >= 0.6 is 0 Å². The van der Waals surface area contributed by atoms with Gasteiger partial charge in [0.05, 0.1) is 0 Å². The van der Waals surface area contributed by atoms with Crippen LogP contribution in [0.5, 0.6) is 5.75 Å². The molecule has 2 atom stereocenters. The molecular weight excluding hydrogens is 307 g/mol. The first kappa shape index (κ1) is 16.7. The van der Waals surface area contributed by atoms with E-state index in [1.54, 1.807) is 12.1 Å². The summed E-state index contributed by atoms with van der Waals surface area (Å²) in [5.74, 6) is 0.275. The van der Waals surface area contributed by atoms with Crippen LogP contribution in [0, 0.1) is 5.82 Å². The maximum atomic E-state index is 12.8. The molecule has 2 aromatic rings. The van der Waals surface area contributed by atoms with Crippen LogP contribution in [-0.4, -0.2) is 48.4 Å². The third-order valence-corrected chi connectivity index (χ3v) is 4.14. The van der Waals surface area contributed by atoms with Crippen LogP contribution in [0.15, 0.2) is 54.6 Å². The second-order valence-electron chi connectivity index (χ2n) is 6.17. The average Bonchev–Trinajstić information content (AvgIpc) is 3.02. The number of para-hydroxylation sites is 1. The summed E-state index contributed by atoms with van der Waals surface area (Å²) in [5, 5.41) is 13.7. The Kier molecular flexibility index (Phi) is 5.67. The van der Waals surface area contributed by atoms with Crippen LogP contribution in [-0.2, 0) is 0 Å². The topological polar surface area (TPSA) is 44.7 Å². The minimum atomic E-state index is -0.564. The molecule has 4 nitrogen and oxygen atoms in total. The number of nitrogens with zero attached hydrogens (tertiary/aromatic N) is 1. The molecule has 1 heterocycles. The molecule has 1 aliphatic heterocycles. The highest BCUT2D eigenvalue weighted by Gasteiger charge is 2.24. The van der Waals surface area contributed by atoms with Crippen molar-refractivity contribution in [3.63, 3.8) is 0 Å². The fourth-order valence-electron chi connectivity index (χ4n) is 2.96. The van der Waals surface area contributed by atoms with Crippen LogP contribution < -0.4 is 10.1 Å². The molecule has 0 saturated carbocycles. The number of hydrogen-bond donors (Lipinski definition) is 2. The first-order valence-corrected chi connectivity index (χ1v) is 8.29. The Morgan fingerprint density at radius 3 is 2.67 bits per heavy atom. The zero-order chi connectivity index (χ0) is 16.8. The van der Waals surface area contributed by atoms with Gasteiger partial charge in [-0.1, -0.05) is 18.2 Å². The van der Waals surface area contributed by atoms with Crippen molar-refractivity contribution in [1.29, 1.82) is 0 Å². The number of halogens is 1. The van der Waals surface area contributed by atoms with Gasteiger partial charge >= 0.3 is 0 Å². The van der Waals surface area contributed by atoms with E-state index in [-0.39, 0.29) is 12.4 Å². The van der Waals surface area contributed by atoms with Gasteiger partial charge in [0.1, 0.15) is 24.3 Å². The van der Waals surface area contributed by atoms with Gasteiger partial charge < -0.3 is 15.2 Å². The molecule has 3 rings (SSSR count). The van der Waals surface area contributed by atoms with Gasteiger partial charge in [0.15, 0.2) is 0 Å². The van der Waals surface area contributed by atoms with Gasteiger partial charge in [-0.25, -0.2) is 4.39 Å². The lowest BCUT2D eigenvalue weighted by atomic mass is 10.2. The van der Waals surface area contributed by atoms with Crippen LogP contribution in [0.3, 0.4) is 0 Å². The van der Waals surface area contributed by atoms with Crippen molar-refractivity contribution in [1.82, 2.24) is 4.90 Å². The molecule has 0 radical (unpaired) electrons. The van der Waals surface area contributed by atoms with Crippen LogP contribution in [0.25, 0.3) is 0 Å². The average molecular weight is 330 g/mol. The lowest BCUT2D eigenvalue weighted by Crippen LogP contribution is -2.35. The van der Waals surface area contributed by atoms with Gasteiger partial charge in [-0.05, 0) is 42.8 Å². The molecule has 2 N–H and O–H groups in total. The molecule has 128 valence electrons. The largest absolute Gasteiger partial charge is 0.491 e. The molecule has 0 amide bonds. The van der Waals surface area contributed by atoms with Crippen LogP contribution in [0.2, 0.25) is 0 Å². The van der Waals surface area contributed by atoms with E-state index in [9.17, 15) is 9.50 Å². The first-order chi connectivity index (χ1) is 11.7. The molecule has 0 spiro atoms. The van der Waals surface area contributed by atoms with Crippen molar-refractivity contribution >= 4 is 5.69 Å². The van der Waals surface area contributed by atoms with Crippen molar-refractivity contribution in [3.05, 3.63) is 60.4 Å². The number of β-amino-alcohol motifs (C(OH)–C–C–N with tert-alkyl or cyclic N) is 1. The van der Waals surface area contributed by atoms with Gasteiger partial charge in [-0.15, -0.1) is 0 Å². The molecule has 1 aliphatic rings. The highest BCUT2D eigenvalue weighted by molar-refractivity contribution is 5.43. The normalized spacial score (nSPS) is 19.2. The fourth-order valence-corrected chi connectivity index (χ4v) is 2.96. The number of benzene rings is 2. The molecule has 1 fully saturated rings. The van der Waals surface area contributed by atoms with Crippen molar-refractivity contribution in [2.45, 2.75) is 18.6 Å². The van der Waals surface area contributed by atoms with Gasteiger partial charge in [0.2, 0.25) is 0 Å². The van der Waals surface area contributed by atoms with Gasteiger partial charge in [0.25, 0.3) is 0 Å². The second-order valence-corrected chi connectivity index (χ2v) is 6.17. The molecule has 2 aromatic carbocycles. The fraction of sp³-hybridized carbons (Fsp3) is 0.368. The van der Waals surface area contributed by atoms with Crippen molar-refractivity contribution in [2.24, 2.45) is 0 Å². The lowest BCUT2D eigenvalue weighted by molar-refractivity contribution is 0.0756. The highest BCUT2D eigenvalue weighted by Crippen LogP contribution is 2.16. The van der Waals surface area contributed by atoms with Crippen molar-refractivity contribution in [2.75, 3.05) is 31.6 Å². The zero-order valence-electron chi connectivity index (χ0n) is 13.6. The monoisotopic (exact) mass is 330 g/mol. The Bertz CT molecular complexity index is 621. The van der Waals surface area contributed by atoms with Gasteiger partial charge in [0, 0.05) is 31.4 Å². The summed E-state index contributed by atoms with van der Waals surface area (Å²) in [7, 11) is 0. The summed E-state index contributed by atoms with van der Waals surface area (Å²) in [4.78, 5) is 2.24. The number of likely N-dealkylation sites (tertiary alicyclic amines) is 1. The Morgan fingerprint density at radius 2 is 1.92 bits per heavy atom. The highest BCUT2D eigenvalue weighted by atomic mass is 19.1. The molecule has 2 unspecified atom stereocenters. The van der Waals surface area contributed by atoms with E-state index in [1.807, 2.05) is 18.2 Å². The molecule has 0 aliphatic carbocycles. The van der Waals surface area contributed by atoms with E-state index >= 15 is 0 Å². The number of rotatable bonds is 7. The lowest BCUT2D eigenvalue weighted by Gasteiger charge is -2.21. The second kappa shape index (κ2) is 8.13. The summed E-state index contributed by atoms with van der Waals surface area (Å²) in [5.41, 5.74) is 1.13. The van der Waals surface area contributed by atoms with E-state index in [2.05, 4.69) is 22.3 Å². The van der Waals surface area contributed by atoms with Crippen LogP contribution in [0.4, 0.5) is 10.1 Å². The molecule has 5 heteroatoms. The predicted molar refractivity (Wildman–Crippen MR) is 92.8 cm³/mol. The number of ether oxygens (including phenoxy) is 1. The quantitative estimate of drug-likeness (QED) is 0.819. The third-order valence-electron chi connectivity index (χ3n) is 4.14. The summed E-state index contributed by atoms with van der Waals surface area (Å²) in [6.07, 6.45) is 0.492. The molecule has 0 aromatic heterocycles. The number of aliphatic hydroxyl groups is 1. The number of nitrogens with one attached hydrogen (secondary N) is 1. The van der Waals surface area contributed by atoms with Gasteiger partial charge in [-0.2, -0.15) is 0 Å². The summed E-state index contributed by atoms with van der Waals surface area (Å²) < 4.78 is 18.3. The minimum Gasteiger partial charge on any atom is -0.491 e. The van der Waals surface area contributed by atoms with Crippen molar-refractivity contribution in [3.8, 4) is 5.75 Å². The van der Waals surface area contributed by atoms with E-state index in [0.717, 1.165) is 25.2 Å². The Labute approximate surface area is 141 Å². The van der Waals surface area contributed by atoms with E-state index in [4.69, 9.17) is 4.74 Å². The smallest absolute Gasteiger partial charge is 0.123 e. The first-order valence-electron chi connectivity index (χ1n) is 8.29. The SMILES string of the molecule is OC(COc1ccc(F)cc1)CN1CCC(Nc2ccccc2)C1. The summed E-state index contributed by atoms with van der Waals surface area (Å²) in [6, 6.07) is 16.4. The molecular formula is C19H23FN2O2.